The fourth-order valence-corrected chi connectivity index (χ4v) is 12.4. The van der Waals surface area contributed by atoms with E-state index in [-0.39, 0.29) is 92.6 Å². The SMILES string of the molecule is CC1(C)CC(OC(=O)CCCCCCC(=O)OC2CC(C)(C)NC(C)(C)C2)CC(C)(C)N1.CC1(C)CC(OC(=O)CCCCCCCCC(=O)OC2CC(C)(C)NC(C)(C)C2)CC(C)(C)N1. The van der Waals surface area contributed by atoms with Crippen molar-refractivity contribution >= 4 is 23.9 Å². The lowest BCUT2D eigenvalue weighted by Gasteiger charge is -2.46. The normalized spacial score (nSPS) is 24.2. The molecule has 4 N–H and O–H groups in total. The van der Waals surface area contributed by atoms with Crippen LogP contribution in [0.1, 0.15) is 252 Å². The molecule has 384 valence electrons. The van der Waals surface area contributed by atoms with E-state index in [0.717, 1.165) is 116 Å². The van der Waals surface area contributed by atoms with Crippen LogP contribution in [0.25, 0.3) is 0 Å². The van der Waals surface area contributed by atoms with Gasteiger partial charge in [0.1, 0.15) is 24.4 Å². The van der Waals surface area contributed by atoms with Gasteiger partial charge >= 0.3 is 23.9 Å². The molecule has 0 spiro atoms. The highest BCUT2D eigenvalue weighted by Gasteiger charge is 2.42. The van der Waals surface area contributed by atoms with E-state index in [1.54, 1.807) is 0 Å². The Hall–Kier alpha value is -2.28. The molecule has 4 heterocycles. The minimum absolute atomic E-state index is 0.000484. The van der Waals surface area contributed by atoms with Gasteiger partial charge in [0.05, 0.1) is 0 Å². The zero-order valence-electron chi connectivity index (χ0n) is 45.1. The van der Waals surface area contributed by atoms with E-state index in [1.807, 2.05) is 0 Å². The van der Waals surface area contributed by atoms with Crippen LogP contribution in [0, 0.1) is 0 Å². The van der Waals surface area contributed by atoms with E-state index in [1.165, 1.54) is 0 Å². The smallest absolute Gasteiger partial charge is 0.306 e. The molecule has 0 saturated carbocycles. The van der Waals surface area contributed by atoms with Gasteiger partial charge in [0.2, 0.25) is 0 Å². The van der Waals surface area contributed by atoms with Crippen LogP contribution in [0.4, 0.5) is 0 Å². The molecule has 12 heteroatoms. The molecular formula is C54H100N4O8. The summed E-state index contributed by atoms with van der Waals surface area (Å²) >= 11 is 0. The third-order valence-corrected chi connectivity index (χ3v) is 13.3. The van der Waals surface area contributed by atoms with Crippen molar-refractivity contribution in [3.8, 4) is 0 Å². The van der Waals surface area contributed by atoms with Crippen molar-refractivity contribution in [1.29, 1.82) is 0 Å². The van der Waals surface area contributed by atoms with Gasteiger partial charge in [-0.2, -0.15) is 0 Å². The summed E-state index contributed by atoms with van der Waals surface area (Å²) in [6.45, 7) is 34.6. The van der Waals surface area contributed by atoms with E-state index in [9.17, 15) is 19.2 Å². The molecule has 0 aliphatic carbocycles. The molecule has 0 aromatic carbocycles. The van der Waals surface area contributed by atoms with Crippen molar-refractivity contribution in [1.82, 2.24) is 21.3 Å². The largest absolute Gasteiger partial charge is 0.462 e. The number of piperidine rings is 4. The minimum atomic E-state index is -0.0981. The lowest BCUT2D eigenvalue weighted by atomic mass is 9.81. The summed E-state index contributed by atoms with van der Waals surface area (Å²) in [5, 5.41) is 14.5. The first-order valence-corrected chi connectivity index (χ1v) is 26.1. The lowest BCUT2D eigenvalue weighted by molar-refractivity contribution is -0.154. The van der Waals surface area contributed by atoms with Gasteiger partial charge in [-0.3, -0.25) is 19.2 Å². The van der Waals surface area contributed by atoms with Gasteiger partial charge in [-0.05, 0) is 136 Å². The second-order valence-corrected chi connectivity index (χ2v) is 26.2. The van der Waals surface area contributed by atoms with Crippen LogP contribution < -0.4 is 21.3 Å². The summed E-state index contributed by atoms with van der Waals surface area (Å²) in [6.07, 6.45) is 18.1. The van der Waals surface area contributed by atoms with Gasteiger partial charge in [0.25, 0.3) is 0 Å². The summed E-state index contributed by atoms with van der Waals surface area (Å²) in [7, 11) is 0. The summed E-state index contributed by atoms with van der Waals surface area (Å²) in [5.74, 6) is -0.325. The number of rotatable bonds is 20. The molecular weight excluding hydrogens is 833 g/mol. The van der Waals surface area contributed by atoms with Gasteiger partial charge in [0.15, 0.2) is 0 Å². The average molecular weight is 933 g/mol. The van der Waals surface area contributed by atoms with E-state index >= 15 is 0 Å². The molecule has 0 aromatic rings. The van der Waals surface area contributed by atoms with Crippen molar-refractivity contribution < 1.29 is 38.1 Å². The number of hydrogen-bond acceptors (Lipinski definition) is 12. The molecule has 0 radical (unpaired) electrons. The minimum Gasteiger partial charge on any atom is -0.462 e. The molecule has 4 aliphatic rings. The van der Waals surface area contributed by atoms with Crippen LogP contribution in [0.5, 0.6) is 0 Å². The lowest BCUT2D eigenvalue weighted by Crippen LogP contribution is -2.59. The predicted octanol–water partition coefficient (Wildman–Crippen LogP) is 10.8. The van der Waals surface area contributed by atoms with E-state index < -0.39 is 0 Å². The summed E-state index contributed by atoms with van der Waals surface area (Å²) in [5.41, 5.74) is -0.163. The summed E-state index contributed by atoms with van der Waals surface area (Å²) < 4.78 is 23.1. The zero-order chi connectivity index (χ0) is 49.8. The Morgan fingerprint density at radius 3 is 0.576 bits per heavy atom. The van der Waals surface area contributed by atoms with Crippen molar-refractivity contribution in [2.45, 2.75) is 321 Å². The van der Waals surface area contributed by atoms with Gasteiger partial charge < -0.3 is 40.2 Å². The van der Waals surface area contributed by atoms with E-state index in [0.29, 0.717) is 25.7 Å². The Kier molecular flexibility index (Phi) is 21.1. The van der Waals surface area contributed by atoms with Gasteiger partial charge in [-0.1, -0.05) is 38.5 Å². The molecule has 4 saturated heterocycles. The average Bonchev–Trinajstić information content (AvgIpc) is 3.05. The molecule has 0 bridgehead atoms. The quantitative estimate of drug-likeness (QED) is 0.0522. The third-order valence-electron chi connectivity index (χ3n) is 13.3. The number of carbonyl (C=O) groups excluding carboxylic acids is 4. The first-order chi connectivity index (χ1) is 30.1. The Balaban J connectivity index is 0.000000351. The standard InChI is InChI=1S/C28H52N2O4.C26H48N2O4/c1-25(2)17-21(18-26(3,4)29-25)33-23(31)15-13-11-9-10-12-14-16-24(32)34-22-19-27(5,6)30-28(7,8)20-22;1-23(2)15-19(16-24(3,4)27-23)31-21(29)13-11-9-10-12-14-22(30)32-20-17-25(5,6)28-26(7,8)18-20/h21-22,29-30H,9-20H2,1-8H3;19-20,27-28H,9-18H2,1-8H3. The molecule has 0 amide bonds. The Labute approximate surface area is 402 Å². The fraction of sp³-hybridized carbons (Fsp3) is 0.926. The number of hydrogen-bond donors (Lipinski definition) is 4. The maximum Gasteiger partial charge on any atom is 0.306 e. The number of carbonyl (C=O) groups is 4. The first kappa shape index (κ1) is 58.0. The molecule has 0 aromatic heterocycles. The van der Waals surface area contributed by atoms with Gasteiger partial charge in [-0.25, -0.2) is 0 Å². The number of esters is 4. The van der Waals surface area contributed by atoms with E-state index in [4.69, 9.17) is 18.9 Å². The maximum atomic E-state index is 12.3. The topological polar surface area (TPSA) is 153 Å². The highest BCUT2D eigenvalue weighted by atomic mass is 16.6. The molecule has 66 heavy (non-hydrogen) atoms. The Bertz CT molecular complexity index is 1390. The number of nitrogens with one attached hydrogen (secondary N) is 4. The fourth-order valence-electron chi connectivity index (χ4n) is 12.4. The van der Waals surface area contributed by atoms with Crippen LogP contribution >= 0.6 is 0 Å². The third kappa shape index (κ3) is 23.8. The van der Waals surface area contributed by atoms with Crippen LogP contribution in [-0.2, 0) is 38.1 Å². The van der Waals surface area contributed by atoms with Gasteiger partial charge in [-0.15, -0.1) is 0 Å². The molecule has 0 atom stereocenters. The summed E-state index contributed by atoms with van der Waals surface area (Å²) in [4.78, 5) is 49.1. The van der Waals surface area contributed by atoms with Gasteiger partial charge in [0, 0.05) is 121 Å². The van der Waals surface area contributed by atoms with Crippen molar-refractivity contribution in [2.24, 2.45) is 0 Å². The zero-order valence-corrected chi connectivity index (χ0v) is 45.1. The molecule has 12 nitrogen and oxygen atoms in total. The monoisotopic (exact) mass is 933 g/mol. The summed E-state index contributed by atoms with van der Waals surface area (Å²) in [6, 6.07) is 0. The maximum absolute atomic E-state index is 12.3. The predicted molar refractivity (Wildman–Crippen MR) is 266 cm³/mol. The second kappa shape index (κ2) is 24.0. The molecule has 0 unspecified atom stereocenters. The second-order valence-electron chi connectivity index (χ2n) is 26.2. The molecule has 4 aliphatic heterocycles. The first-order valence-electron chi connectivity index (χ1n) is 26.1. The van der Waals surface area contributed by atoms with Crippen LogP contribution in [0.2, 0.25) is 0 Å². The van der Waals surface area contributed by atoms with Crippen LogP contribution in [0.3, 0.4) is 0 Å². The highest BCUT2D eigenvalue weighted by molar-refractivity contribution is 5.70. The van der Waals surface area contributed by atoms with Crippen LogP contribution in [0.15, 0.2) is 0 Å². The number of ether oxygens (including phenoxy) is 4. The molecule has 4 rings (SSSR count). The molecule has 4 fully saturated rings. The highest BCUT2D eigenvalue weighted by Crippen LogP contribution is 2.34. The number of unbranched alkanes of at least 4 members (excludes halogenated alkanes) is 8. The van der Waals surface area contributed by atoms with E-state index in [2.05, 4.69) is 132 Å². The van der Waals surface area contributed by atoms with Crippen molar-refractivity contribution in [3.05, 3.63) is 0 Å². The Morgan fingerprint density at radius 1 is 0.288 bits per heavy atom. The van der Waals surface area contributed by atoms with Crippen molar-refractivity contribution in [2.75, 3.05) is 0 Å². The van der Waals surface area contributed by atoms with Crippen LogP contribution in [-0.4, -0.2) is 92.6 Å². The van der Waals surface area contributed by atoms with Crippen molar-refractivity contribution in [3.63, 3.8) is 0 Å². The Morgan fingerprint density at radius 2 is 0.424 bits per heavy atom.